The van der Waals surface area contributed by atoms with Crippen molar-refractivity contribution >= 4 is 0 Å². The number of alkyl halides is 3. The summed E-state index contributed by atoms with van der Waals surface area (Å²) in [6.07, 6.45) is -1.18. The third-order valence-corrected chi connectivity index (χ3v) is 1.70. The molecule has 0 spiro atoms. The summed E-state index contributed by atoms with van der Waals surface area (Å²) in [5.41, 5.74) is 0. The number of rotatable bonds is 2. The molecule has 60 valence electrons. The summed E-state index contributed by atoms with van der Waals surface area (Å²) >= 11 is 0. The lowest BCUT2D eigenvalue weighted by atomic mass is 9.93. The normalized spacial score (nSPS) is 20.7. The molecule has 0 atom stereocenters. The van der Waals surface area contributed by atoms with Gasteiger partial charge in [0.25, 0.3) is 0 Å². The van der Waals surface area contributed by atoms with Crippen molar-refractivity contribution in [1.82, 2.24) is 5.32 Å². The summed E-state index contributed by atoms with van der Waals surface area (Å²) in [4.78, 5) is 0. The lowest BCUT2D eigenvalue weighted by molar-refractivity contribution is -0.127. The summed E-state index contributed by atoms with van der Waals surface area (Å²) in [6.45, 7) is -0.836. The van der Waals surface area contributed by atoms with E-state index in [1.807, 2.05) is 0 Å². The van der Waals surface area contributed by atoms with Crippen LogP contribution in [0.4, 0.5) is 13.2 Å². The maximum atomic E-state index is 11.5. The third-order valence-electron chi connectivity index (χ3n) is 1.70. The van der Waals surface area contributed by atoms with Crippen molar-refractivity contribution in [3.05, 3.63) is 0 Å². The van der Waals surface area contributed by atoms with E-state index >= 15 is 0 Å². The van der Waals surface area contributed by atoms with Crippen molar-refractivity contribution in [1.29, 1.82) is 0 Å². The topological polar surface area (TPSA) is 12.0 Å². The molecule has 0 unspecified atom stereocenters. The molecule has 0 aromatic rings. The Morgan fingerprint density at radius 1 is 1.30 bits per heavy atom. The molecule has 1 rings (SSSR count). The molecule has 0 heterocycles. The van der Waals surface area contributed by atoms with Crippen LogP contribution in [0.3, 0.4) is 0 Å². The first-order chi connectivity index (χ1) is 4.58. The number of halogens is 3. The van der Waals surface area contributed by atoms with Gasteiger partial charge in [0.15, 0.2) is 0 Å². The molecule has 0 saturated heterocycles. The van der Waals surface area contributed by atoms with Crippen molar-refractivity contribution < 1.29 is 13.2 Å². The minimum Gasteiger partial charge on any atom is -0.306 e. The van der Waals surface area contributed by atoms with E-state index in [-0.39, 0.29) is 6.04 Å². The summed E-state index contributed by atoms with van der Waals surface area (Å²) in [5, 5.41) is 2.43. The summed E-state index contributed by atoms with van der Waals surface area (Å²) in [6, 6.07) is 0.127. The SMILES string of the molecule is FC(F)(F)CNC1CCC1. The molecule has 0 aromatic carbocycles. The van der Waals surface area contributed by atoms with E-state index in [2.05, 4.69) is 5.32 Å². The van der Waals surface area contributed by atoms with Crippen molar-refractivity contribution in [2.45, 2.75) is 31.5 Å². The van der Waals surface area contributed by atoms with Crippen LogP contribution in [0.15, 0.2) is 0 Å². The van der Waals surface area contributed by atoms with Crippen LogP contribution in [-0.2, 0) is 0 Å². The first-order valence-electron chi connectivity index (χ1n) is 3.38. The molecular formula is C6H10F3N. The molecule has 0 amide bonds. The molecule has 4 heteroatoms. The van der Waals surface area contributed by atoms with E-state index < -0.39 is 12.7 Å². The van der Waals surface area contributed by atoms with Gasteiger partial charge in [-0.15, -0.1) is 0 Å². The van der Waals surface area contributed by atoms with Gasteiger partial charge in [0.1, 0.15) is 0 Å². The highest BCUT2D eigenvalue weighted by Gasteiger charge is 2.29. The van der Waals surface area contributed by atoms with E-state index in [1.54, 1.807) is 0 Å². The van der Waals surface area contributed by atoms with Crippen molar-refractivity contribution in [3.8, 4) is 0 Å². The van der Waals surface area contributed by atoms with E-state index in [1.165, 1.54) is 0 Å². The second kappa shape index (κ2) is 2.78. The molecule has 1 N–H and O–H groups in total. The Labute approximate surface area is 57.6 Å². The number of hydrogen-bond donors (Lipinski definition) is 1. The van der Waals surface area contributed by atoms with Gasteiger partial charge >= 0.3 is 6.18 Å². The average molecular weight is 153 g/mol. The number of hydrogen-bond acceptors (Lipinski definition) is 1. The fourth-order valence-electron chi connectivity index (χ4n) is 0.872. The van der Waals surface area contributed by atoms with Gasteiger partial charge in [-0.3, -0.25) is 0 Å². The lowest BCUT2D eigenvalue weighted by Gasteiger charge is -2.26. The van der Waals surface area contributed by atoms with Crippen LogP contribution in [0.2, 0.25) is 0 Å². The first kappa shape index (κ1) is 7.85. The lowest BCUT2D eigenvalue weighted by Crippen LogP contribution is -2.40. The Balaban J connectivity index is 2.04. The average Bonchev–Trinajstić information content (AvgIpc) is 1.56. The minimum absolute atomic E-state index is 0.127. The smallest absolute Gasteiger partial charge is 0.306 e. The second-order valence-corrected chi connectivity index (χ2v) is 2.62. The van der Waals surface area contributed by atoms with Crippen molar-refractivity contribution in [2.75, 3.05) is 6.54 Å². The quantitative estimate of drug-likeness (QED) is 0.636. The molecule has 0 bridgehead atoms. The molecule has 0 aromatic heterocycles. The van der Waals surface area contributed by atoms with E-state index in [4.69, 9.17) is 0 Å². The van der Waals surface area contributed by atoms with Gasteiger partial charge in [-0.05, 0) is 12.8 Å². The third kappa shape index (κ3) is 2.56. The minimum atomic E-state index is -4.05. The fourth-order valence-corrected chi connectivity index (χ4v) is 0.872. The Morgan fingerprint density at radius 3 is 2.20 bits per heavy atom. The van der Waals surface area contributed by atoms with Gasteiger partial charge in [-0.2, -0.15) is 13.2 Å². The molecule has 0 radical (unpaired) electrons. The van der Waals surface area contributed by atoms with Gasteiger partial charge in [-0.1, -0.05) is 6.42 Å². The highest BCUT2D eigenvalue weighted by molar-refractivity contribution is 4.77. The maximum absolute atomic E-state index is 11.5. The largest absolute Gasteiger partial charge is 0.401 e. The van der Waals surface area contributed by atoms with E-state index in [0.717, 1.165) is 19.3 Å². The van der Waals surface area contributed by atoms with Gasteiger partial charge in [-0.25, -0.2) is 0 Å². The highest BCUT2D eigenvalue weighted by Crippen LogP contribution is 2.20. The van der Waals surface area contributed by atoms with Crippen LogP contribution < -0.4 is 5.32 Å². The maximum Gasteiger partial charge on any atom is 0.401 e. The molecule has 10 heavy (non-hydrogen) atoms. The molecule has 1 nitrogen and oxygen atoms in total. The van der Waals surface area contributed by atoms with Crippen LogP contribution in [0.1, 0.15) is 19.3 Å². The standard InChI is InChI=1S/C6H10F3N/c7-6(8,9)4-10-5-2-1-3-5/h5,10H,1-4H2. The monoisotopic (exact) mass is 153 g/mol. The molecule has 0 aliphatic heterocycles. The molecule has 1 fully saturated rings. The summed E-state index contributed by atoms with van der Waals surface area (Å²) < 4.78 is 34.5. The van der Waals surface area contributed by atoms with E-state index in [9.17, 15) is 13.2 Å². The highest BCUT2D eigenvalue weighted by atomic mass is 19.4. The van der Waals surface area contributed by atoms with Crippen LogP contribution in [-0.4, -0.2) is 18.8 Å². The number of nitrogens with one attached hydrogen (secondary N) is 1. The van der Waals surface area contributed by atoms with Gasteiger partial charge < -0.3 is 5.32 Å². The van der Waals surface area contributed by atoms with Gasteiger partial charge in [0.2, 0.25) is 0 Å². The Hall–Kier alpha value is -0.250. The van der Waals surface area contributed by atoms with Crippen LogP contribution in [0.25, 0.3) is 0 Å². The van der Waals surface area contributed by atoms with Crippen LogP contribution in [0.5, 0.6) is 0 Å². The van der Waals surface area contributed by atoms with Gasteiger partial charge in [0, 0.05) is 6.04 Å². The molecular weight excluding hydrogens is 143 g/mol. The van der Waals surface area contributed by atoms with Crippen LogP contribution in [0, 0.1) is 0 Å². The van der Waals surface area contributed by atoms with Crippen molar-refractivity contribution in [3.63, 3.8) is 0 Å². The summed E-state index contributed by atoms with van der Waals surface area (Å²) in [5.74, 6) is 0. The van der Waals surface area contributed by atoms with Gasteiger partial charge in [0.05, 0.1) is 6.54 Å². The van der Waals surface area contributed by atoms with Crippen LogP contribution >= 0.6 is 0 Å². The second-order valence-electron chi connectivity index (χ2n) is 2.62. The molecule has 1 saturated carbocycles. The molecule has 1 aliphatic rings. The fraction of sp³-hybridized carbons (Fsp3) is 1.00. The first-order valence-corrected chi connectivity index (χ1v) is 3.38. The predicted octanol–water partition coefficient (Wildman–Crippen LogP) is 1.69. The summed E-state index contributed by atoms with van der Waals surface area (Å²) in [7, 11) is 0. The molecule has 1 aliphatic carbocycles. The predicted molar refractivity (Wildman–Crippen MR) is 31.7 cm³/mol. The zero-order valence-electron chi connectivity index (χ0n) is 5.54. The zero-order chi connectivity index (χ0) is 7.61. The Bertz CT molecular complexity index is 106. The Kier molecular flexibility index (Phi) is 2.18. The Morgan fingerprint density at radius 2 is 1.90 bits per heavy atom. The van der Waals surface area contributed by atoms with Crippen molar-refractivity contribution in [2.24, 2.45) is 0 Å². The van der Waals surface area contributed by atoms with E-state index in [0.29, 0.717) is 0 Å². The zero-order valence-corrected chi connectivity index (χ0v) is 5.54.